The number of benzene rings is 2. The molecular formula is C19H14FN3O. The molecule has 2 aromatic heterocycles. The average molecular weight is 319 g/mol. The zero-order chi connectivity index (χ0) is 16.7. The van der Waals surface area contributed by atoms with Crippen molar-refractivity contribution in [3.63, 3.8) is 0 Å². The molecule has 0 aliphatic heterocycles. The number of pyridine rings is 1. The van der Waals surface area contributed by atoms with Crippen molar-refractivity contribution in [2.24, 2.45) is 0 Å². The lowest BCUT2D eigenvalue weighted by Crippen LogP contribution is -1.90. The fourth-order valence-electron chi connectivity index (χ4n) is 2.72. The zero-order valence-electron chi connectivity index (χ0n) is 12.6. The molecule has 118 valence electrons. The average Bonchev–Trinajstić information content (AvgIpc) is 3.00. The molecule has 4 rings (SSSR count). The second-order valence-corrected chi connectivity index (χ2v) is 5.63. The van der Waals surface area contributed by atoms with E-state index < -0.39 is 5.82 Å². The molecule has 4 aromatic rings. The van der Waals surface area contributed by atoms with Gasteiger partial charge in [-0.1, -0.05) is 30.3 Å². The number of nitrogens with zero attached hydrogens (tertiary/aromatic N) is 1. The Morgan fingerprint density at radius 1 is 0.917 bits per heavy atom. The van der Waals surface area contributed by atoms with Gasteiger partial charge in [-0.05, 0) is 34.9 Å². The maximum Gasteiger partial charge on any atom is 0.211 e. The summed E-state index contributed by atoms with van der Waals surface area (Å²) in [5.74, 6) is -0.423. The molecule has 0 atom stereocenters. The fourth-order valence-corrected chi connectivity index (χ4v) is 2.72. The van der Waals surface area contributed by atoms with E-state index in [0.29, 0.717) is 0 Å². The summed E-state index contributed by atoms with van der Waals surface area (Å²) in [5.41, 5.74) is 10.1. The van der Waals surface area contributed by atoms with Crippen molar-refractivity contribution in [3.8, 4) is 28.3 Å². The largest absolute Gasteiger partial charge is 0.493 e. The number of aromatic hydroxyl groups is 1. The Hall–Kier alpha value is -3.34. The van der Waals surface area contributed by atoms with E-state index in [9.17, 15) is 9.50 Å². The van der Waals surface area contributed by atoms with Crippen LogP contribution in [0.3, 0.4) is 0 Å². The van der Waals surface area contributed by atoms with Crippen molar-refractivity contribution in [1.82, 2.24) is 9.97 Å². The highest BCUT2D eigenvalue weighted by molar-refractivity contribution is 5.86. The molecule has 0 bridgehead atoms. The third kappa shape index (κ3) is 2.46. The van der Waals surface area contributed by atoms with Gasteiger partial charge in [0.1, 0.15) is 5.82 Å². The number of aromatic nitrogens is 2. The topological polar surface area (TPSA) is 74.9 Å². The van der Waals surface area contributed by atoms with E-state index in [1.165, 1.54) is 6.07 Å². The van der Waals surface area contributed by atoms with E-state index in [-0.39, 0.29) is 11.6 Å². The van der Waals surface area contributed by atoms with Crippen molar-refractivity contribution < 1.29 is 9.50 Å². The number of hydrogen-bond acceptors (Lipinski definition) is 3. The lowest BCUT2D eigenvalue weighted by Gasteiger charge is -2.05. The maximum atomic E-state index is 13.6. The highest BCUT2D eigenvalue weighted by atomic mass is 19.1. The van der Waals surface area contributed by atoms with Crippen LogP contribution < -0.4 is 5.73 Å². The first kappa shape index (κ1) is 14.3. The standard InChI is InChI=1S/C19H14FN3O/c20-15-7-13(5-6-16(15)21)11-1-3-12(4-2-11)17-8-14-9-19(24)22-10-18(14)23-17/h1-10,23H,21H2,(H,22,24). The molecule has 5 heteroatoms. The molecule has 0 radical (unpaired) electrons. The molecule has 2 heterocycles. The Labute approximate surface area is 137 Å². The minimum Gasteiger partial charge on any atom is -0.493 e. The Bertz CT molecular complexity index is 1040. The Kier molecular flexibility index (Phi) is 3.20. The first-order chi connectivity index (χ1) is 11.6. The minimum atomic E-state index is -0.417. The summed E-state index contributed by atoms with van der Waals surface area (Å²) in [6, 6.07) is 16.1. The van der Waals surface area contributed by atoms with E-state index in [2.05, 4.69) is 9.97 Å². The fraction of sp³-hybridized carbons (Fsp3) is 0. The first-order valence-corrected chi connectivity index (χ1v) is 7.44. The molecule has 4 N–H and O–H groups in total. The van der Waals surface area contributed by atoms with Crippen molar-refractivity contribution in [2.45, 2.75) is 0 Å². The zero-order valence-corrected chi connectivity index (χ0v) is 12.6. The number of nitrogen functional groups attached to an aromatic ring is 1. The molecule has 0 fully saturated rings. The van der Waals surface area contributed by atoms with Crippen molar-refractivity contribution in [1.29, 1.82) is 0 Å². The summed E-state index contributed by atoms with van der Waals surface area (Å²) in [6.45, 7) is 0. The summed E-state index contributed by atoms with van der Waals surface area (Å²) >= 11 is 0. The van der Waals surface area contributed by atoms with Gasteiger partial charge in [-0.25, -0.2) is 9.37 Å². The number of fused-ring (bicyclic) bond motifs is 1. The number of hydrogen-bond donors (Lipinski definition) is 3. The van der Waals surface area contributed by atoms with Gasteiger partial charge in [0.05, 0.1) is 17.4 Å². The van der Waals surface area contributed by atoms with Gasteiger partial charge in [-0.15, -0.1) is 0 Å². The molecule has 0 saturated heterocycles. The molecule has 0 aliphatic rings. The Balaban J connectivity index is 1.70. The highest BCUT2D eigenvalue weighted by Gasteiger charge is 2.06. The van der Waals surface area contributed by atoms with Crippen LogP contribution in [0.4, 0.5) is 10.1 Å². The number of anilines is 1. The molecule has 4 nitrogen and oxygen atoms in total. The first-order valence-electron chi connectivity index (χ1n) is 7.44. The third-order valence-electron chi connectivity index (χ3n) is 4.02. The van der Waals surface area contributed by atoms with E-state index in [4.69, 9.17) is 5.73 Å². The molecule has 0 aliphatic carbocycles. The normalized spacial score (nSPS) is 11.0. The van der Waals surface area contributed by atoms with Crippen LogP contribution in [0.1, 0.15) is 0 Å². The van der Waals surface area contributed by atoms with Crippen molar-refractivity contribution in [2.75, 3.05) is 5.73 Å². The maximum absolute atomic E-state index is 13.6. The van der Waals surface area contributed by atoms with E-state index in [1.807, 2.05) is 30.3 Å². The number of nitrogens with one attached hydrogen (secondary N) is 1. The van der Waals surface area contributed by atoms with Crippen LogP contribution in [0.15, 0.2) is 60.8 Å². The minimum absolute atomic E-state index is 0.00576. The third-order valence-corrected chi connectivity index (χ3v) is 4.02. The molecular weight excluding hydrogens is 305 g/mol. The summed E-state index contributed by atoms with van der Waals surface area (Å²) in [5, 5.41) is 10.3. The van der Waals surface area contributed by atoms with Gasteiger partial charge in [0, 0.05) is 17.1 Å². The van der Waals surface area contributed by atoms with E-state index >= 15 is 0 Å². The SMILES string of the molecule is Nc1ccc(-c2ccc(-c3cc4cc(O)ncc4[nH]3)cc2)cc1F. The molecule has 0 amide bonds. The molecule has 0 saturated carbocycles. The van der Waals surface area contributed by atoms with Crippen LogP contribution in [0, 0.1) is 5.82 Å². The summed E-state index contributed by atoms with van der Waals surface area (Å²) in [4.78, 5) is 7.13. The number of nitrogens with two attached hydrogens (primary N) is 1. The highest BCUT2D eigenvalue weighted by Crippen LogP contribution is 2.28. The van der Waals surface area contributed by atoms with Gasteiger partial charge >= 0.3 is 0 Å². The predicted molar refractivity (Wildman–Crippen MR) is 93.0 cm³/mol. The summed E-state index contributed by atoms with van der Waals surface area (Å²) in [6.07, 6.45) is 1.60. The van der Waals surface area contributed by atoms with Crippen LogP contribution in [0.2, 0.25) is 0 Å². The van der Waals surface area contributed by atoms with Gasteiger partial charge in [0.2, 0.25) is 5.88 Å². The molecule has 0 spiro atoms. The van der Waals surface area contributed by atoms with Crippen LogP contribution in [0.25, 0.3) is 33.3 Å². The monoisotopic (exact) mass is 319 g/mol. The van der Waals surface area contributed by atoms with Crippen LogP contribution in [-0.2, 0) is 0 Å². The van der Waals surface area contributed by atoms with Gasteiger partial charge < -0.3 is 15.8 Å². The van der Waals surface area contributed by atoms with Crippen LogP contribution in [-0.4, -0.2) is 15.1 Å². The second-order valence-electron chi connectivity index (χ2n) is 5.63. The van der Waals surface area contributed by atoms with Crippen LogP contribution >= 0.6 is 0 Å². The molecule has 2 aromatic carbocycles. The lowest BCUT2D eigenvalue weighted by molar-refractivity contribution is 0.454. The summed E-state index contributed by atoms with van der Waals surface area (Å²) < 4.78 is 13.6. The van der Waals surface area contributed by atoms with Crippen molar-refractivity contribution in [3.05, 3.63) is 66.6 Å². The predicted octanol–water partition coefficient (Wildman–Crippen LogP) is 4.32. The smallest absolute Gasteiger partial charge is 0.211 e. The van der Waals surface area contributed by atoms with Crippen LogP contribution in [0.5, 0.6) is 5.88 Å². The molecule has 0 unspecified atom stereocenters. The van der Waals surface area contributed by atoms with Gasteiger partial charge in [-0.3, -0.25) is 0 Å². The van der Waals surface area contributed by atoms with Gasteiger partial charge in [0.25, 0.3) is 0 Å². The number of aromatic amines is 1. The lowest BCUT2D eigenvalue weighted by atomic mass is 10.0. The van der Waals surface area contributed by atoms with Gasteiger partial charge in [-0.2, -0.15) is 0 Å². The number of halogens is 1. The van der Waals surface area contributed by atoms with E-state index in [1.54, 1.807) is 24.4 Å². The molecule has 24 heavy (non-hydrogen) atoms. The number of H-pyrrole nitrogens is 1. The van der Waals surface area contributed by atoms with Gasteiger partial charge in [0.15, 0.2) is 0 Å². The van der Waals surface area contributed by atoms with E-state index in [0.717, 1.165) is 33.3 Å². The second kappa shape index (κ2) is 5.38. The Morgan fingerprint density at radius 3 is 2.38 bits per heavy atom. The summed E-state index contributed by atoms with van der Waals surface area (Å²) in [7, 11) is 0. The Morgan fingerprint density at radius 2 is 1.62 bits per heavy atom. The quantitative estimate of drug-likeness (QED) is 0.482. The number of rotatable bonds is 2. The van der Waals surface area contributed by atoms with Crippen molar-refractivity contribution >= 4 is 16.6 Å².